The van der Waals surface area contributed by atoms with E-state index in [9.17, 15) is 4.79 Å². The van der Waals surface area contributed by atoms with Crippen molar-refractivity contribution in [1.82, 2.24) is 10.2 Å². The first-order chi connectivity index (χ1) is 9.16. The van der Waals surface area contributed by atoms with E-state index < -0.39 is 0 Å². The van der Waals surface area contributed by atoms with E-state index in [-0.39, 0.29) is 11.8 Å². The Labute approximate surface area is 123 Å². The smallest absolute Gasteiger partial charge is 0.223 e. The molecule has 0 aromatic heterocycles. The summed E-state index contributed by atoms with van der Waals surface area (Å²) in [5, 5.41) is 3.32. The van der Waals surface area contributed by atoms with E-state index >= 15 is 0 Å². The van der Waals surface area contributed by atoms with E-state index in [2.05, 4.69) is 40.3 Å². The molecule has 1 fully saturated rings. The molecule has 1 aromatic rings. The van der Waals surface area contributed by atoms with Gasteiger partial charge in [0.15, 0.2) is 0 Å². The third kappa shape index (κ3) is 4.32. The third-order valence-corrected chi connectivity index (χ3v) is 4.14. The molecule has 1 unspecified atom stereocenters. The Morgan fingerprint density at radius 3 is 2.79 bits per heavy atom. The second-order valence-corrected chi connectivity index (χ2v) is 6.06. The SMILES string of the molecule is CC(CC(=O)N1CCCNCC1)c1ccc(Br)cc1. The second kappa shape index (κ2) is 7.06. The van der Waals surface area contributed by atoms with Gasteiger partial charge < -0.3 is 10.2 Å². The molecule has 0 radical (unpaired) electrons. The maximum Gasteiger partial charge on any atom is 0.223 e. The highest BCUT2D eigenvalue weighted by Gasteiger charge is 2.18. The van der Waals surface area contributed by atoms with Crippen LogP contribution in [-0.4, -0.2) is 37.0 Å². The molecule has 0 saturated carbocycles. The van der Waals surface area contributed by atoms with Crippen molar-refractivity contribution in [3.05, 3.63) is 34.3 Å². The number of nitrogens with one attached hydrogen (secondary N) is 1. The first-order valence-electron chi connectivity index (χ1n) is 6.91. The monoisotopic (exact) mass is 324 g/mol. The van der Waals surface area contributed by atoms with Gasteiger partial charge in [0, 0.05) is 30.5 Å². The van der Waals surface area contributed by atoms with Crippen LogP contribution >= 0.6 is 15.9 Å². The van der Waals surface area contributed by atoms with Gasteiger partial charge in [-0.05, 0) is 36.6 Å². The van der Waals surface area contributed by atoms with Gasteiger partial charge >= 0.3 is 0 Å². The molecular weight excluding hydrogens is 304 g/mol. The van der Waals surface area contributed by atoms with Crippen LogP contribution < -0.4 is 5.32 Å². The summed E-state index contributed by atoms with van der Waals surface area (Å²) in [4.78, 5) is 14.3. The van der Waals surface area contributed by atoms with Crippen molar-refractivity contribution in [2.75, 3.05) is 26.2 Å². The zero-order valence-corrected chi connectivity index (χ0v) is 12.9. The summed E-state index contributed by atoms with van der Waals surface area (Å²) in [5.41, 5.74) is 1.23. The van der Waals surface area contributed by atoms with Crippen LogP contribution in [-0.2, 0) is 4.79 Å². The highest BCUT2D eigenvalue weighted by atomic mass is 79.9. The minimum absolute atomic E-state index is 0.275. The van der Waals surface area contributed by atoms with Crippen molar-refractivity contribution in [2.45, 2.75) is 25.7 Å². The topological polar surface area (TPSA) is 32.3 Å². The summed E-state index contributed by atoms with van der Waals surface area (Å²) in [6.07, 6.45) is 1.65. The molecule has 4 heteroatoms. The Kier molecular flexibility index (Phi) is 5.40. The van der Waals surface area contributed by atoms with E-state index in [1.54, 1.807) is 0 Å². The average molecular weight is 325 g/mol. The maximum absolute atomic E-state index is 12.3. The minimum Gasteiger partial charge on any atom is -0.341 e. The molecule has 2 rings (SSSR count). The van der Waals surface area contributed by atoms with Crippen molar-refractivity contribution in [2.24, 2.45) is 0 Å². The third-order valence-electron chi connectivity index (χ3n) is 3.61. The lowest BCUT2D eigenvalue weighted by Crippen LogP contribution is -2.34. The van der Waals surface area contributed by atoms with Crippen LogP contribution in [0.2, 0.25) is 0 Å². The number of halogens is 1. The number of rotatable bonds is 3. The van der Waals surface area contributed by atoms with Gasteiger partial charge in [-0.1, -0.05) is 35.0 Å². The van der Waals surface area contributed by atoms with Gasteiger partial charge in [-0.25, -0.2) is 0 Å². The first kappa shape index (κ1) is 14.5. The van der Waals surface area contributed by atoms with Crippen LogP contribution in [0.1, 0.15) is 31.2 Å². The predicted octanol–water partition coefficient (Wildman–Crippen LogP) is 2.76. The number of hydrogen-bond acceptors (Lipinski definition) is 2. The minimum atomic E-state index is 0.275. The van der Waals surface area contributed by atoms with Gasteiger partial charge in [-0.3, -0.25) is 4.79 Å². The molecule has 104 valence electrons. The fourth-order valence-corrected chi connectivity index (χ4v) is 2.66. The molecule has 0 aliphatic carbocycles. The van der Waals surface area contributed by atoms with E-state index in [4.69, 9.17) is 0 Å². The van der Waals surface area contributed by atoms with Crippen molar-refractivity contribution in [1.29, 1.82) is 0 Å². The molecule has 1 aromatic carbocycles. The molecule has 1 atom stereocenters. The highest BCUT2D eigenvalue weighted by molar-refractivity contribution is 9.10. The van der Waals surface area contributed by atoms with Crippen LogP contribution in [0.4, 0.5) is 0 Å². The molecule has 1 amide bonds. The van der Waals surface area contributed by atoms with E-state index in [1.807, 2.05) is 17.0 Å². The van der Waals surface area contributed by atoms with Crippen LogP contribution in [0.5, 0.6) is 0 Å². The Morgan fingerprint density at radius 2 is 2.05 bits per heavy atom. The van der Waals surface area contributed by atoms with Gasteiger partial charge in [0.25, 0.3) is 0 Å². The largest absolute Gasteiger partial charge is 0.341 e. The lowest BCUT2D eigenvalue weighted by molar-refractivity contribution is -0.131. The average Bonchev–Trinajstić information content (AvgIpc) is 2.68. The number of amides is 1. The van der Waals surface area contributed by atoms with E-state index in [1.165, 1.54) is 5.56 Å². The van der Waals surface area contributed by atoms with Crippen molar-refractivity contribution < 1.29 is 4.79 Å². The summed E-state index contributed by atoms with van der Waals surface area (Å²) < 4.78 is 1.08. The number of hydrogen-bond donors (Lipinski definition) is 1. The molecule has 1 N–H and O–H groups in total. The van der Waals surface area contributed by atoms with Crippen LogP contribution in [0.15, 0.2) is 28.7 Å². The van der Waals surface area contributed by atoms with Gasteiger partial charge in [0.1, 0.15) is 0 Å². The summed E-state index contributed by atoms with van der Waals surface area (Å²) in [6.45, 7) is 5.78. The van der Waals surface area contributed by atoms with Crippen LogP contribution in [0.25, 0.3) is 0 Å². The summed E-state index contributed by atoms with van der Waals surface area (Å²) in [5.74, 6) is 0.552. The first-order valence-corrected chi connectivity index (χ1v) is 7.70. The Balaban J connectivity index is 1.92. The maximum atomic E-state index is 12.3. The molecule has 19 heavy (non-hydrogen) atoms. The van der Waals surface area contributed by atoms with E-state index in [0.717, 1.165) is 37.1 Å². The number of carbonyl (C=O) groups excluding carboxylic acids is 1. The standard InChI is InChI=1S/C15H21BrN2O/c1-12(13-3-5-14(16)6-4-13)11-15(19)18-9-2-7-17-8-10-18/h3-6,12,17H,2,7-11H2,1H3. The molecule has 3 nitrogen and oxygen atoms in total. The zero-order chi connectivity index (χ0) is 13.7. The zero-order valence-electron chi connectivity index (χ0n) is 11.4. The molecular formula is C15H21BrN2O. The van der Waals surface area contributed by atoms with Crippen LogP contribution in [0, 0.1) is 0 Å². The lowest BCUT2D eigenvalue weighted by Gasteiger charge is -2.22. The van der Waals surface area contributed by atoms with Crippen molar-refractivity contribution in [3.63, 3.8) is 0 Å². The van der Waals surface area contributed by atoms with Crippen molar-refractivity contribution >= 4 is 21.8 Å². The quantitative estimate of drug-likeness (QED) is 0.927. The summed E-state index contributed by atoms with van der Waals surface area (Å²) >= 11 is 3.43. The van der Waals surface area contributed by atoms with Crippen molar-refractivity contribution in [3.8, 4) is 0 Å². The Bertz CT molecular complexity index is 411. The van der Waals surface area contributed by atoms with Gasteiger partial charge in [0.05, 0.1) is 0 Å². The highest BCUT2D eigenvalue weighted by Crippen LogP contribution is 2.22. The van der Waals surface area contributed by atoms with Gasteiger partial charge in [-0.15, -0.1) is 0 Å². The molecule has 1 heterocycles. The van der Waals surface area contributed by atoms with Crippen LogP contribution in [0.3, 0.4) is 0 Å². The summed E-state index contributed by atoms with van der Waals surface area (Å²) in [7, 11) is 0. The molecule has 0 spiro atoms. The number of nitrogens with zero attached hydrogens (tertiary/aromatic N) is 1. The van der Waals surface area contributed by atoms with E-state index in [0.29, 0.717) is 6.42 Å². The molecule has 1 saturated heterocycles. The Hall–Kier alpha value is -0.870. The molecule has 1 aliphatic heterocycles. The molecule has 1 aliphatic rings. The lowest BCUT2D eigenvalue weighted by atomic mass is 9.97. The Morgan fingerprint density at radius 1 is 1.32 bits per heavy atom. The van der Waals surface area contributed by atoms with Gasteiger partial charge in [-0.2, -0.15) is 0 Å². The number of carbonyl (C=O) groups is 1. The summed E-state index contributed by atoms with van der Waals surface area (Å²) in [6, 6.07) is 8.25. The number of benzene rings is 1. The molecule has 0 bridgehead atoms. The van der Waals surface area contributed by atoms with Gasteiger partial charge in [0.2, 0.25) is 5.91 Å². The fourth-order valence-electron chi connectivity index (χ4n) is 2.40. The predicted molar refractivity (Wildman–Crippen MR) is 81.2 cm³/mol. The second-order valence-electron chi connectivity index (χ2n) is 5.14. The fraction of sp³-hybridized carbons (Fsp3) is 0.533. The normalized spacial score (nSPS) is 17.9.